The molecule has 7 N–H and O–H groups in total. The van der Waals surface area contributed by atoms with Crippen molar-refractivity contribution in [1.82, 2.24) is 19.9 Å². The molecule has 5 atom stereocenters. The molecular weight excluding hydrogens is 352 g/mol. The molecule has 2 aromatic rings. The second-order valence-electron chi connectivity index (χ2n) is 7.23. The molecule has 10 nitrogen and oxygen atoms in total. The summed E-state index contributed by atoms with van der Waals surface area (Å²) in [5, 5.41) is 22.8. The first kappa shape index (κ1) is 19.5. The molecule has 10 heteroatoms. The summed E-state index contributed by atoms with van der Waals surface area (Å²) in [6.45, 7) is 3.54. The van der Waals surface area contributed by atoms with Crippen LogP contribution in [-0.2, 0) is 9.53 Å². The largest absolute Gasteiger partial charge is 0.397 e. The summed E-state index contributed by atoms with van der Waals surface area (Å²) in [4.78, 5) is 21.0. The van der Waals surface area contributed by atoms with Crippen LogP contribution in [0, 0.1) is 5.92 Å². The molecule has 0 spiro atoms. The lowest BCUT2D eigenvalue weighted by atomic mass is 10.0. The van der Waals surface area contributed by atoms with E-state index < -0.39 is 43.0 Å². The highest BCUT2D eigenvalue weighted by Gasteiger charge is 2.46. The summed E-state index contributed by atoms with van der Waals surface area (Å²) in [7, 11) is 0. The first-order chi connectivity index (χ1) is 12.8. The van der Waals surface area contributed by atoms with Crippen LogP contribution < -0.4 is 16.8 Å². The van der Waals surface area contributed by atoms with Crippen LogP contribution in [0.3, 0.4) is 0 Å². The number of ether oxygens (including phenoxy) is 1. The maximum atomic E-state index is 12.5. The number of aliphatic hydroxyl groups excluding tert-OH is 2. The fraction of sp³-hybridized carbons (Fsp3) is 0.588. The molecule has 1 aliphatic rings. The molecule has 2 unspecified atom stereocenters. The van der Waals surface area contributed by atoms with E-state index in [0.717, 1.165) is 0 Å². The van der Waals surface area contributed by atoms with Crippen LogP contribution in [0.2, 0.25) is 0 Å². The lowest BCUT2D eigenvalue weighted by Crippen LogP contribution is -2.52. The van der Waals surface area contributed by atoms with Gasteiger partial charge in [0.25, 0.3) is 0 Å². The van der Waals surface area contributed by atoms with Crippen molar-refractivity contribution in [3.63, 3.8) is 0 Å². The van der Waals surface area contributed by atoms with Gasteiger partial charge in [-0.2, -0.15) is 0 Å². The average Bonchev–Trinajstić information content (AvgIpc) is 3.17. The van der Waals surface area contributed by atoms with E-state index in [1.165, 1.54) is 12.5 Å². The third-order valence-corrected chi connectivity index (χ3v) is 4.69. The van der Waals surface area contributed by atoms with Gasteiger partial charge in [-0.15, -0.1) is 0 Å². The Bertz CT molecular complexity index is 810. The van der Waals surface area contributed by atoms with E-state index in [1.807, 2.05) is 13.8 Å². The number of nitrogen functional groups attached to an aromatic ring is 1. The van der Waals surface area contributed by atoms with E-state index in [1.54, 1.807) is 10.6 Å². The number of carbonyl (C=O) groups is 1. The summed E-state index contributed by atoms with van der Waals surface area (Å²) in [6.07, 6.45) is 0.741. The van der Waals surface area contributed by atoms with Crippen molar-refractivity contribution < 1.29 is 19.7 Å². The minimum absolute atomic E-state index is 0.251. The van der Waals surface area contributed by atoms with Crippen molar-refractivity contribution in [2.45, 2.75) is 50.8 Å². The molecule has 1 saturated heterocycles. The maximum absolute atomic E-state index is 12.5. The van der Waals surface area contributed by atoms with E-state index in [-0.39, 0.29) is 5.92 Å². The molecule has 0 aromatic carbocycles. The molecule has 1 fully saturated rings. The Morgan fingerprint density at radius 3 is 2.85 bits per heavy atom. The van der Waals surface area contributed by atoms with Gasteiger partial charge in [-0.25, -0.2) is 9.97 Å². The fourth-order valence-corrected chi connectivity index (χ4v) is 3.32. The summed E-state index contributed by atoms with van der Waals surface area (Å²) < 4.78 is 7.36. The number of nitrogens with zero attached hydrogens (tertiary/aromatic N) is 3. The Morgan fingerprint density at radius 2 is 2.19 bits per heavy atom. The minimum atomic E-state index is -1.12. The predicted molar refractivity (Wildman–Crippen MR) is 98.3 cm³/mol. The van der Waals surface area contributed by atoms with Crippen LogP contribution >= 0.6 is 0 Å². The summed E-state index contributed by atoms with van der Waals surface area (Å²) in [6, 6.07) is 0.0953. The lowest BCUT2D eigenvalue weighted by molar-refractivity contribution is -0.124. The zero-order valence-corrected chi connectivity index (χ0v) is 15.3. The average molecular weight is 378 g/mol. The van der Waals surface area contributed by atoms with Crippen LogP contribution in [-0.4, -0.2) is 61.6 Å². The molecular formula is C17H26N6O4. The number of anilines is 1. The minimum Gasteiger partial charge on any atom is -0.397 e. The molecule has 1 aliphatic heterocycles. The van der Waals surface area contributed by atoms with Gasteiger partial charge in [-0.05, 0) is 18.4 Å². The molecule has 0 radical (unpaired) electrons. The molecule has 2 aromatic heterocycles. The number of pyridine rings is 1. The van der Waals surface area contributed by atoms with Gasteiger partial charge in [0.05, 0.1) is 24.7 Å². The number of aliphatic hydroxyl groups is 2. The molecule has 3 rings (SSSR count). The number of hydrogen-bond acceptors (Lipinski definition) is 8. The van der Waals surface area contributed by atoms with Crippen molar-refractivity contribution in [3.8, 4) is 0 Å². The second kappa shape index (κ2) is 7.77. The van der Waals surface area contributed by atoms with Gasteiger partial charge in [0.1, 0.15) is 23.8 Å². The van der Waals surface area contributed by atoms with Gasteiger partial charge < -0.3 is 31.7 Å². The van der Waals surface area contributed by atoms with Gasteiger partial charge in [0.15, 0.2) is 11.9 Å². The van der Waals surface area contributed by atoms with Gasteiger partial charge in [0.2, 0.25) is 5.91 Å². The molecule has 27 heavy (non-hydrogen) atoms. The smallest absolute Gasteiger partial charge is 0.237 e. The SMILES string of the molecule is CC(C)CC(N)C(=O)NC1[C@@H](O)[C@@H](CO)O[C@H]1n1cnc2c(N)ccnc21. The van der Waals surface area contributed by atoms with Gasteiger partial charge in [-0.1, -0.05) is 13.8 Å². The summed E-state index contributed by atoms with van der Waals surface area (Å²) in [5.74, 6) is -0.141. The molecule has 1 amide bonds. The van der Waals surface area contributed by atoms with Crippen molar-refractivity contribution in [1.29, 1.82) is 0 Å². The Balaban J connectivity index is 1.89. The number of aromatic nitrogens is 3. The van der Waals surface area contributed by atoms with E-state index in [2.05, 4.69) is 15.3 Å². The highest BCUT2D eigenvalue weighted by molar-refractivity contribution is 5.84. The Morgan fingerprint density at radius 1 is 1.44 bits per heavy atom. The fourth-order valence-electron chi connectivity index (χ4n) is 3.32. The zero-order chi connectivity index (χ0) is 19.7. The number of fused-ring (bicyclic) bond motifs is 1. The van der Waals surface area contributed by atoms with Crippen LogP contribution in [0.4, 0.5) is 5.69 Å². The quantitative estimate of drug-likeness (QED) is 0.433. The Labute approximate surface area is 156 Å². The third-order valence-electron chi connectivity index (χ3n) is 4.69. The summed E-state index contributed by atoms with van der Waals surface area (Å²) >= 11 is 0. The van der Waals surface area contributed by atoms with Crippen LogP contribution in [0.5, 0.6) is 0 Å². The summed E-state index contributed by atoms with van der Waals surface area (Å²) in [5.41, 5.74) is 13.3. The van der Waals surface area contributed by atoms with Crippen molar-refractivity contribution in [2.75, 3.05) is 12.3 Å². The van der Waals surface area contributed by atoms with Gasteiger partial charge in [0, 0.05) is 6.20 Å². The Hall–Kier alpha value is -2.27. The predicted octanol–water partition coefficient (Wildman–Crippen LogP) is -0.878. The number of nitrogens with two attached hydrogens (primary N) is 2. The van der Waals surface area contributed by atoms with E-state index in [9.17, 15) is 15.0 Å². The number of imidazole rings is 1. The highest BCUT2D eigenvalue weighted by atomic mass is 16.5. The topological polar surface area (TPSA) is 162 Å². The number of hydrogen-bond donors (Lipinski definition) is 5. The van der Waals surface area contributed by atoms with Crippen molar-refractivity contribution in [2.24, 2.45) is 11.7 Å². The number of nitrogens with one attached hydrogen (secondary N) is 1. The normalized spacial score (nSPS) is 26.6. The van der Waals surface area contributed by atoms with E-state index >= 15 is 0 Å². The van der Waals surface area contributed by atoms with Crippen LogP contribution in [0.15, 0.2) is 18.6 Å². The van der Waals surface area contributed by atoms with Crippen molar-refractivity contribution in [3.05, 3.63) is 18.6 Å². The van der Waals surface area contributed by atoms with Crippen LogP contribution in [0.25, 0.3) is 11.2 Å². The first-order valence-electron chi connectivity index (χ1n) is 8.90. The molecule has 3 heterocycles. The standard InChI is InChI=1S/C17H26N6O4/c1-8(2)5-10(19)16(26)22-13-14(25)11(6-24)27-17(13)23-7-21-12-9(18)3-4-20-15(12)23/h3-4,7-8,10-11,13-14,17,24-25H,5-6,19H2,1-2H3,(H2,18,20)(H,22,26)/t10?,11-,13?,14+,17-/m1/s1. The first-order valence-corrected chi connectivity index (χ1v) is 8.90. The monoisotopic (exact) mass is 378 g/mol. The highest BCUT2D eigenvalue weighted by Crippen LogP contribution is 2.32. The third kappa shape index (κ3) is 3.74. The lowest BCUT2D eigenvalue weighted by Gasteiger charge is -2.25. The number of carbonyl (C=O) groups excluding carboxylic acids is 1. The molecule has 0 saturated carbocycles. The maximum Gasteiger partial charge on any atom is 0.237 e. The van der Waals surface area contributed by atoms with Gasteiger partial charge in [-0.3, -0.25) is 9.36 Å². The molecule has 148 valence electrons. The molecule has 0 aliphatic carbocycles. The van der Waals surface area contributed by atoms with Crippen LogP contribution in [0.1, 0.15) is 26.5 Å². The van der Waals surface area contributed by atoms with E-state index in [4.69, 9.17) is 16.2 Å². The molecule has 0 bridgehead atoms. The zero-order valence-electron chi connectivity index (χ0n) is 15.3. The number of rotatable bonds is 6. The second-order valence-corrected chi connectivity index (χ2v) is 7.23. The number of amides is 1. The van der Waals surface area contributed by atoms with Gasteiger partial charge >= 0.3 is 0 Å². The Kier molecular flexibility index (Phi) is 5.61. The van der Waals surface area contributed by atoms with E-state index in [0.29, 0.717) is 23.3 Å². The van der Waals surface area contributed by atoms with Crippen molar-refractivity contribution >= 4 is 22.8 Å².